The molecule has 7 heteroatoms. The number of ether oxygens (including phenoxy) is 4. The fourth-order valence-corrected chi connectivity index (χ4v) is 2.89. The standard InChI is InChI=1S/C22H31N3O4/c1-6-23-22(24-11-10-16-8-7-9-18(12-16)26-2)25-15-17-13-19(27-3)21(29-5)20(14-17)28-4/h7-9,12-14H,6,10-11,15H2,1-5H3,(H2,23,24,25). The van der Waals surface area contributed by atoms with Gasteiger partial charge in [0.15, 0.2) is 17.5 Å². The quantitative estimate of drug-likeness (QED) is 0.471. The molecule has 0 saturated carbocycles. The second-order valence-corrected chi connectivity index (χ2v) is 6.26. The Bertz CT molecular complexity index is 783. The van der Waals surface area contributed by atoms with Crippen molar-refractivity contribution in [2.45, 2.75) is 19.9 Å². The summed E-state index contributed by atoms with van der Waals surface area (Å²) in [7, 11) is 6.48. The van der Waals surface area contributed by atoms with E-state index in [-0.39, 0.29) is 0 Å². The summed E-state index contributed by atoms with van der Waals surface area (Å²) in [5.74, 6) is 3.43. The second kappa shape index (κ2) is 11.7. The maximum absolute atomic E-state index is 5.41. The van der Waals surface area contributed by atoms with E-state index in [1.54, 1.807) is 28.4 Å². The number of nitrogens with one attached hydrogen (secondary N) is 2. The van der Waals surface area contributed by atoms with Crippen molar-refractivity contribution in [3.63, 3.8) is 0 Å². The molecule has 0 saturated heterocycles. The summed E-state index contributed by atoms with van der Waals surface area (Å²) in [4.78, 5) is 4.67. The van der Waals surface area contributed by atoms with Crippen molar-refractivity contribution >= 4 is 5.96 Å². The molecule has 2 aromatic rings. The van der Waals surface area contributed by atoms with E-state index in [4.69, 9.17) is 18.9 Å². The molecule has 0 aromatic heterocycles. The molecular weight excluding hydrogens is 370 g/mol. The lowest BCUT2D eigenvalue weighted by molar-refractivity contribution is 0.324. The highest BCUT2D eigenvalue weighted by molar-refractivity contribution is 5.79. The summed E-state index contributed by atoms with van der Waals surface area (Å²) in [5.41, 5.74) is 2.17. The van der Waals surface area contributed by atoms with E-state index in [1.807, 2.05) is 37.3 Å². The lowest BCUT2D eigenvalue weighted by Crippen LogP contribution is -2.38. The monoisotopic (exact) mass is 401 g/mol. The Hall–Kier alpha value is -3.09. The Kier molecular flexibility index (Phi) is 8.95. The van der Waals surface area contributed by atoms with E-state index < -0.39 is 0 Å². The predicted octanol–water partition coefficient (Wildman–Crippen LogP) is 3.02. The molecule has 0 atom stereocenters. The zero-order valence-corrected chi connectivity index (χ0v) is 17.9. The average molecular weight is 402 g/mol. The normalized spacial score (nSPS) is 11.0. The van der Waals surface area contributed by atoms with Crippen LogP contribution in [0.15, 0.2) is 41.4 Å². The topological polar surface area (TPSA) is 73.3 Å². The number of aliphatic imine (C=N–C) groups is 1. The van der Waals surface area contributed by atoms with Gasteiger partial charge in [-0.3, -0.25) is 0 Å². The van der Waals surface area contributed by atoms with Crippen LogP contribution < -0.4 is 29.6 Å². The zero-order valence-electron chi connectivity index (χ0n) is 17.9. The Balaban J connectivity index is 2.04. The fourth-order valence-electron chi connectivity index (χ4n) is 2.89. The molecule has 0 radical (unpaired) electrons. The third kappa shape index (κ3) is 6.48. The first-order valence-electron chi connectivity index (χ1n) is 9.59. The van der Waals surface area contributed by atoms with Crippen LogP contribution in [-0.4, -0.2) is 47.5 Å². The first kappa shape index (κ1) is 22.2. The van der Waals surface area contributed by atoms with Gasteiger partial charge in [-0.15, -0.1) is 0 Å². The van der Waals surface area contributed by atoms with Crippen LogP contribution in [0.2, 0.25) is 0 Å². The predicted molar refractivity (Wildman–Crippen MR) is 116 cm³/mol. The van der Waals surface area contributed by atoms with Gasteiger partial charge in [0, 0.05) is 13.1 Å². The minimum atomic E-state index is 0.477. The van der Waals surface area contributed by atoms with Crippen LogP contribution in [-0.2, 0) is 13.0 Å². The van der Waals surface area contributed by atoms with Crippen LogP contribution in [0.1, 0.15) is 18.1 Å². The minimum absolute atomic E-state index is 0.477. The summed E-state index contributed by atoms with van der Waals surface area (Å²) >= 11 is 0. The molecule has 0 aliphatic heterocycles. The van der Waals surface area contributed by atoms with Gasteiger partial charge in [-0.1, -0.05) is 12.1 Å². The largest absolute Gasteiger partial charge is 0.497 e. The molecule has 7 nitrogen and oxygen atoms in total. The van der Waals surface area contributed by atoms with Crippen molar-refractivity contribution in [2.75, 3.05) is 41.5 Å². The lowest BCUT2D eigenvalue weighted by Gasteiger charge is -2.14. The lowest BCUT2D eigenvalue weighted by atomic mass is 10.1. The van der Waals surface area contributed by atoms with Crippen LogP contribution in [0.4, 0.5) is 0 Å². The number of hydrogen-bond acceptors (Lipinski definition) is 5. The number of hydrogen-bond donors (Lipinski definition) is 2. The zero-order chi connectivity index (χ0) is 21.1. The summed E-state index contributed by atoms with van der Waals surface area (Å²) in [6.07, 6.45) is 0.867. The van der Waals surface area contributed by atoms with Crippen molar-refractivity contribution in [3.8, 4) is 23.0 Å². The molecule has 29 heavy (non-hydrogen) atoms. The summed E-state index contributed by atoms with van der Waals surface area (Å²) < 4.78 is 21.5. The van der Waals surface area contributed by atoms with Gasteiger partial charge in [0.25, 0.3) is 0 Å². The van der Waals surface area contributed by atoms with Crippen LogP contribution in [0.5, 0.6) is 23.0 Å². The number of rotatable bonds is 10. The van der Waals surface area contributed by atoms with Gasteiger partial charge in [0.05, 0.1) is 35.0 Å². The number of nitrogens with zero attached hydrogens (tertiary/aromatic N) is 1. The van der Waals surface area contributed by atoms with E-state index in [9.17, 15) is 0 Å². The van der Waals surface area contributed by atoms with Gasteiger partial charge in [-0.25, -0.2) is 4.99 Å². The maximum Gasteiger partial charge on any atom is 0.203 e. The molecule has 2 aromatic carbocycles. The molecule has 2 N–H and O–H groups in total. The maximum atomic E-state index is 5.41. The smallest absolute Gasteiger partial charge is 0.203 e. The molecule has 0 aliphatic rings. The average Bonchev–Trinajstić information content (AvgIpc) is 2.76. The van der Waals surface area contributed by atoms with Crippen LogP contribution in [0, 0.1) is 0 Å². The first-order valence-corrected chi connectivity index (χ1v) is 9.59. The van der Waals surface area contributed by atoms with E-state index in [0.29, 0.717) is 23.8 Å². The SMILES string of the molecule is CCNC(=NCc1cc(OC)c(OC)c(OC)c1)NCCc1cccc(OC)c1. The highest BCUT2D eigenvalue weighted by Crippen LogP contribution is 2.38. The highest BCUT2D eigenvalue weighted by atomic mass is 16.5. The summed E-state index contributed by atoms with van der Waals surface area (Å²) in [6.45, 7) is 4.05. The van der Waals surface area contributed by atoms with Gasteiger partial charge in [0.2, 0.25) is 5.75 Å². The van der Waals surface area contributed by atoms with Gasteiger partial charge >= 0.3 is 0 Å². The molecule has 2 rings (SSSR count). The van der Waals surface area contributed by atoms with Gasteiger partial charge in [0.1, 0.15) is 5.75 Å². The molecule has 158 valence electrons. The van der Waals surface area contributed by atoms with E-state index in [1.165, 1.54) is 5.56 Å². The molecule has 0 fully saturated rings. The van der Waals surface area contributed by atoms with Gasteiger partial charge in [-0.2, -0.15) is 0 Å². The minimum Gasteiger partial charge on any atom is -0.497 e. The second-order valence-electron chi connectivity index (χ2n) is 6.26. The third-order valence-electron chi connectivity index (χ3n) is 4.33. The summed E-state index contributed by atoms with van der Waals surface area (Å²) in [6, 6.07) is 11.9. The van der Waals surface area contributed by atoms with E-state index in [0.717, 1.165) is 36.8 Å². The number of benzene rings is 2. The summed E-state index contributed by atoms with van der Waals surface area (Å²) in [5, 5.41) is 6.64. The van der Waals surface area contributed by atoms with Gasteiger partial charge in [-0.05, 0) is 48.7 Å². The first-order chi connectivity index (χ1) is 14.1. The Labute approximate surface area is 173 Å². The third-order valence-corrected chi connectivity index (χ3v) is 4.33. The molecule has 0 bridgehead atoms. The molecule has 0 spiro atoms. The molecular formula is C22H31N3O4. The van der Waals surface area contributed by atoms with Crippen molar-refractivity contribution < 1.29 is 18.9 Å². The number of methoxy groups -OCH3 is 4. The molecule has 0 heterocycles. The molecule has 0 amide bonds. The van der Waals surface area contributed by atoms with Crippen molar-refractivity contribution in [3.05, 3.63) is 47.5 Å². The Morgan fingerprint density at radius 3 is 2.17 bits per heavy atom. The van der Waals surface area contributed by atoms with Gasteiger partial charge < -0.3 is 29.6 Å². The van der Waals surface area contributed by atoms with Crippen LogP contribution >= 0.6 is 0 Å². The van der Waals surface area contributed by atoms with Crippen molar-refractivity contribution in [2.24, 2.45) is 4.99 Å². The molecule has 0 aliphatic carbocycles. The number of guanidine groups is 1. The van der Waals surface area contributed by atoms with Crippen molar-refractivity contribution in [1.29, 1.82) is 0 Å². The van der Waals surface area contributed by atoms with Crippen LogP contribution in [0.3, 0.4) is 0 Å². The Morgan fingerprint density at radius 2 is 1.59 bits per heavy atom. The van der Waals surface area contributed by atoms with E-state index >= 15 is 0 Å². The highest BCUT2D eigenvalue weighted by Gasteiger charge is 2.13. The fraction of sp³-hybridized carbons (Fsp3) is 0.409. The van der Waals surface area contributed by atoms with Crippen molar-refractivity contribution in [1.82, 2.24) is 10.6 Å². The van der Waals surface area contributed by atoms with E-state index in [2.05, 4.69) is 21.7 Å². The van der Waals surface area contributed by atoms with Crippen LogP contribution in [0.25, 0.3) is 0 Å². The Morgan fingerprint density at radius 1 is 0.862 bits per heavy atom. The molecule has 0 unspecified atom stereocenters.